The fourth-order valence-electron chi connectivity index (χ4n) is 2.26. The van der Waals surface area contributed by atoms with Crippen LogP contribution in [0, 0.1) is 0 Å². The zero-order valence-corrected chi connectivity index (χ0v) is 17.2. The van der Waals surface area contributed by atoms with Crippen LogP contribution in [0.2, 0.25) is 5.02 Å². The number of nitrogens with one attached hydrogen (secondary N) is 1. The molecule has 0 saturated heterocycles. The maximum absolute atomic E-state index is 12.6. The summed E-state index contributed by atoms with van der Waals surface area (Å²) in [5.74, 6) is -0.655. The summed E-state index contributed by atoms with van der Waals surface area (Å²) in [6, 6.07) is 11.3. The van der Waals surface area contributed by atoms with Gasteiger partial charge in [-0.05, 0) is 35.9 Å². The van der Waals surface area contributed by atoms with E-state index in [9.17, 15) is 18.0 Å². The molecule has 0 aliphatic rings. The summed E-state index contributed by atoms with van der Waals surface area (Å²) in [5, 5.41) is 3.00. The highest BCUT2D eigenvalue weighted by molar-refractivity contribution is 7.99. The van der Waals surface area contributed by atoms with Crippen molar-refractivity contribution in [3.63, 3.8) is 0 Å². The molecule has 7 nitrogen and oxygen atoms in total. The Morgan fingerprint density at radius 3 is 2.64 bits per heavy atom. The standard InChI is InChI=1S/C18H18ClNO6S2/c1-26-18(22)15-10-14(19)5-6-16(15)20-17(21)13-4-2-3-12(9-13)11-27-7-8-28(23,24)25/h2-6,9-10H,7-8,11H2,1H3,(H,20,21)(H,23,24,25). The van der Waals surface area contributed by atoms with Crippen LogP contribution < -0.4 is 5.32 Å². The highest BCUT2D eigenvalue weighted by Gasteiger charge is 2.16. The van der Waals surface area contributed by atoms with Gasteiger partial charge in [0.05, 0.1) is 24.1 Å². The van der Waals surface area contributed by atoms with Gasteiger partial charge in [-0.15, -0.1) is 0 Å². The monoisotopic (exact) mass is 443 g/mol. The minimum Gasteiger partial charge on any atom is -0.465 e. The van der Waals surface area contributed by atoms with Gasteiger partial charge in [0.15, 0.2) is 0 Å². The predicted octanol–water partition coefficient (Wildman–Crippen LogP) is 3.50. The van der Waals surface area contributed by atoms with Crippen LogP contribution in [0.4, 0.5) is 5.69 Å². The summed E-state index contributed by atoms with van der Waals surface area (Å²) in [7, 11) is -2.75. The second-order valence-corrected chi connectivity index (χ2v) is 8.79. The molecule has 2 rings (SSSR count). The van der Waals surface area contributed by atoms with Crippen LogP contribution >= 0.6 is 23.4 Å². The second kappa shape index (κ2) is 9.92. The number of rotatable bonds is 8. The van der Waals surface area contributed by atoms with Crippen LogP contribution in [-0.2, 0) is 20.6 Å². The maximum atomic E-state index is 12.6. The SMILES string of the molecule is COC(=O)c1cc(Cl)ccc1NC(=O)c1cccc(CSCCS(=O)(=O)O)c1. The third kappa shape index (κ3) is 6.83. The first kappa shape index (κ1) is 22.2. The van der Waals surface area contributed by atoms with E-state index in [1.54, 1.807) is 30.3 Å². The molecule has 0 bridgehead atoms. The minimum atomic E-state index is -3.98. The molecule has 0 aliphatic heterocycles. The summed E-state index contributed by atoms with van der Waals surface area (Å²) in [6.07, 6.45) is 0. The Hall–Kier alpha value is -2.07. The van der Waals surface area contributed by atoms with E-state index < -0.39 is 22.0 Å². The number of hydrogen-bond donors (Lipinski definition) is 2. The molecule has 0 radical (unpaired) electrons. The molecule has 2 aromatic rings. The number of halogens is 1. The van der Waals surface area contributed by atoms with Crippen LogP contribution in [0.15, 0.2) is 42.5 Å². The molecule has 0 spiro atoms. The Balaban J connectivity index is 2.08. The number of esters is 1. The van der Waals surface area contributed by atoms with Gasteiger partial charge in [-0.1, -0.05) is 23.7 Å². The maximum Gasteiger partial charge on any atom is 0.340 e. The summed E-state index contributed by atoms with van der Waals surface area (Å²) in [6.45, 7) is 0. The van der Waals surface area contributed by atoms with Gasteiger partial charge in [-0.2, -0.15) is 20.2 Å². The second-order valence-electron chi connectivity index (χ2n) is 5.67. The number of ether oxygens (including phenoxy) is 1. The Morgan fingerprint density at radius 1 is 1.21 bits per heavy atom. The lowest BCUT2D eigenvalue weighted by molar-refractivity contribution is 0.0602. The zero-order chi connectivity index (χ0) is 20.7. The van der Waals surface area contributed by atoms with Crippen molar-refractivity contribution in [2.24, 2.45) is 0 Å². The fourth-order valence-corrected chi connectivity index (χ4v) is 4.30. The molecule has 2 N–H and O–H groups in total. The molecule has 0 heterocycles. The number of amides is 1. The zero-order valence-electron chi connectivity index (χ0n) is 14.8. The average molecular weight is 444 g/mol. The van der Waals surface area contributed by atoms with Gasteiger partial charge in [-0.25, -0.2) is 4.79 Å². The molecule has 0 aromatic heterocycles. The van der Waals surface area contributed by atoms with E-state index in [1.807, 2.05) is 0 Å². The minimum absolute atomic E-state index is 0.139. The normalized spacial score (nSPS) is 11.1. The number of hydrogen-bond acceptors (Lipinski definition) is 6. The largest absolute Gasteiger partial charge is 0.465 e. The average Bonchev–Trinajstić information content (AvgIpc) is 2.65. The van der Waals surface area contributed by atoms with Crippen molar-refractivity contribution in [1.29, 1.82) is 0 Å². The van der Waals surface area contributed by atoms with Crippen molar-refractivity contribution >= 4 is 51.0 Å². The Kier molecular flexibility index (Phi) is 7.88. The number of anilines is 1. The summed E-state index contributed by atoms with van der Waals surface area (Å²) >= 11 is 7.23. The summed E-state index contributed by atoms with van der Waals surface area (Å²) in [5.41, 5.74) is 1.60. The third-order valence-electron chi connectivity index (χ3n) is 3.58. The van der Waals surface area contributed by atoms with Crippen LogP contribution in [-0.4, -0.2) is 43.5 Å². The van der Waals surface area contributed by atoms with Crippen molar-refractivity contribution in [2.45, 2.75) is 5.75 Å². The molecule has 28 heavy (non-hydrogen) atoms. The first-order chi connectivity index (χ1) is 13.2. The highest BCUT2D eigenvalue weighted by atomic mass is 35.5. The van der Waals surface area contributed by atoms with Crippen LogP contribution in [0.5, 0.6) is 0 Å². The lowest BCUT2D eigenvalue weighted by atomic mass is 10.1. The fraction of sp³-hybridized carbons (Fsp3) is 0.222. The lowest BCUT2D eigenvalue weighted by Gasteiger charge is -2.11. The number of thioether (sulfide) groups is 1. The van der Waals surface area contributed by atoms with Crippen molar-refractivity contribution in [1.82, 2.24) is 0 Å². The van der Waals surface area contributed by atoms with E-state index in [4.69, 9.17) is 20.9 Å². The van der Waals surface area contributed by atoms with E-state index in [1.165, 1.54) is 31.0 Å². The topological polar surface area (TPSA) is 110 Å². The van der Waals surface area contributed by atoms with Gasteiger partial charge in [0.25, 0.3) is 16.0 Å². The Morgan fingerprint density at radius 2 is 1.96 bits per heavy atom. The predicted molar refractivity (Wildman–Crippen MR) is 110 cm³/mol. The van der Waals surface area contributed by atoms with Gasteiger partial charge >= 0.3 is 5.97 Å². The molecule has 2 aromatic carbocycles. The van der Waals surface area contributed by atoms with Crippen molar-refractivity contribution < 1.29 is 27.3 Å². The summed E-state index contributed by atoms with van der Waals surface area (Å²) in [4.78, 5) is 24.4. The van der Waals surface area contributed by atoms with Gasteiger partial charge in [0.1, 0.15) is 0 Å². The molecule has 0 fully saturated rings. The lowest BCUT2D eigenvalue weighted by Crippen LogP contribution is -2.15. The van der Waals surface area contributed by atoms with Crippen molar-refractivity contribution in [2.75, 3.05) is 23.9 Å². The number of carbonyl (C=O) groups excluding carboxylic acids is 2. The van der Waals surface area contributed by atoms with Gasteiger partial charge < -0.3 is 10.1 Å². The summed E-state index contributed by atoms with van der Waals surface area (Å²) < 4.78 is 34.9. The van der Waals surface area contributed by atoms with E-state index >= 15 is 0 Å². The number of benzene rings is 2. The van der Waals surface area contributed by atoms with Crippen LogP contribution in [0.1, 0.15) is 26.3 Å². The third-order valence-corrected chi connectivity index (χ3v) is 5.82. The first-order valence-electron chi connectivity index (χ1n) is 8.00. The van der Waals surface area contributed by atoms with Gasteiger partial charge in [0.2, 0.25) is 0 Å². The molecular formula is C18H18ClNO6S2. The van der Waals surface area contributed by atoms with E-state index in [0.717, 1.165) is 5.56 Å². The van der Waals surface area contributed by atoms with E-state index in [2.05, 4.69) is 5.32 Å². The van der Waals surface area contributed by atoms with Crippen LogP contribution in [0.25, 0.3) is 0 Å². The number of carbonyl (C=O) groups is 2. The first-order valence-corrected chi connectivity index (χ1v) is 11.1. The molecule has 150 valence electrons. The molecule has 0 atom stereocenters. The van der Waals surface area contributed by atoms with Gasteiger partial charge in [0, 0.05) is 22.1 Å². The molecule has 0 unspecified atom stereocenters. The van der Waals surface area contributed by atoms with E-state index in [-0.39, 0.29) is 22.8 Å². The van der Waals surface area contributed by atoms with Crippen molar-refractivity contribution in [3.8, 4) is 0 Å². The number of methoxy groups -OCH3 is 1. The van der Waals surface area contributed by atoms with Crippen molar-refractivity contribution in [3.05, 3.63) is 64.2 Å². The molecular weight excluding hydrogens is 426 g/mol. The molecule has 0 aliphatic carbocycles. The van der Waals surface area contributed by atoms with E-state index in [0.29, 0.717) is 16.3 Å². The molecule has 1 amide bonds. The highest BCUT2D eigenvalue weighted by Crippen LogP contribution is 2.23. The Labute approximate surface area is 172 Å². The van der Waals surface area contributed by atoms with Gasteiger partial charge in [-0.3, -0.25) is 9.35 Å². The smallest absolute Gasteiger partial charge is 0.340 e. The Bertz CT molecular complexity index is 978. The quantitative estimate of drug-likeness (QED) is 0.365. The molecule has 10 heteroatoms. The molecule has 0 saturated carbocycles. The van der Waals surface area contributed by atoms with Crippen LogP contribution in [0.3, 0.4) is 0 Å².